The SMILES string of the molecule is C.CC1CCC(Oc2ccc3ccc(C(C)Br)cc3c2C(F)(F)F)CC1.CC1CCC(Oc2ccc3ccc(C(C)N4C5CCCC4CC(C(=O)O)C5)cc3c2C(F)(F)F)CC1.CC1CCC(Oc2ccc3ccc(C(C)O)cc3c2C(F)(F)F)CC1.CC1CCC(Oc2ccc3ccc(C=O)cc3c2C(F)(F)F)CC1.COC(=O)C1CC2CCCC(C1)N2. The molecule has 4 saturated carbocycles. The number of carbonyl (C=O) groups is 3. The molecule has 0 spiro atoms. The second-order valence-corrected chi connectivity index (χ2v) is 37.5. The molecule has 12 nitrogen and oxygen atoms in total. The van der Waals surface area contributed by atoms with Gasteiger partial charge in [0.25, 0.3) is 0 Å². The summed E-state index contributed by atoms with van der Waals surface area (Å²) in [5, 5.41) is 25.4. The highest BCUT2D eigenvalue weighted by atomic mass is 79.9. The summed E-state index contributed by atoms with van der Waals surface area (Å²) in [4.78, 5) is 36.3. The van der Waals surface area contributed by atoms with Crippen LogP contribution in [-0.4, -0.2) is 89.0 Å². The molecular formula is C99H121BrF12N2O10. The maximum atomic E-state index is 14.4. The Bertz CT molecular complexity index is 4750. The summed E-state index contributed by atoms with van der Waals surface area (Å²) in [6.45, 7) is 14.1. The van der Waals surface area contributed by atoms with Crippen LogP contribution in [0, 0.1) is 35.5 Å². The maximum Gasteiger partial charge on any atom is 0.420 e. The van der Waals surface area contributed by atoms with E-state index in [1.165, 1.54) is 81.8 Å². The van der Waals surface area contributed by atoms with E-state index in [0.717, 1.165) is 146 Å². The molecule has 678 valence electrons. The number of carbonyl (C=O) groups excluding carboxylic acids is 2. The number of aliphatic carboxylic acids is 1. The number of alkyl halides is 13. The molecule has 8 aromatic rings. The number of piperidine rings is 4. The van der Waals surface area contributed by atoms with Gasteiger partial charge in [0.05, 0.1) is 49.5 Å². The summed E-state index contributed by atoms with van der Waals surface area (Å²) in [7, 11) is 1.49. The van der Waals surface area contributed by atoms with Crippen molar-refractivity contribution in [2.24, 2.45) is 35.5 Å². The molecule has 4 saturated heterocycles. The predicted octanol–water partition coefficient (Wildman–Crippen LogP) is 28.1. The zero-order valence-electron chi connectivity index (χ0n) is 71.3. The van der Waals surface area contributed by atoms with Gasteiger partial charge in [-0.1, -0.05) is 137 Å². The van der Waals surface area contributed by atoms with Crippen molar-refractivity contribution in [3.05, 3.63) is 166 Å². The van der Waals surface area contributed by atoms with Gasteiger partial charge in [0.2, 0.25) is 0 Å². The van der Waals surface area contributed by atoms with Gasteiger partial charge in [-0.15, -0.1) is 0 Å². The Morgan fingerprint density at radius 2 is 0.734 bits per heavy atom. The first kappa shape index (κ1) is 96.8. The number of hydrogen-bond donors (Lipinski definition) is 3. The predicted molar refractivity (Wildman–Crippen MR) is 465 cm³/mol. The van der Waals surface area contributed by atoms with Crippen LogP contribution in [0.5, 0.6) is 23.0 Å². The van der Waals surface area contributed by atoms with E-state index in [9.17, 15) is 77.3 Å². The Labute approximate surface area is 729 Å². The van der Waals surface area contributed by atoms with Crippen LogP contribution in [0.2, 0.25) is 0 Å². The molecule has 8 aliphatic rings. The largest absolute Gasteiger partial charge is 0.490 e. The number of carboxylic acids is 1. The van der Waals surface area contributed by atoms with E-state index in [1.54, 1.807) is 60.7 Å². The second kappa shape index (κ2) is 41.9. The topological polar surface area (TPSA) is 153 Å². The molecular weight excluding hydrogens is 1680 g/mol. The van der Waals surface area contributed by atoms with Crippen LogP contribution in [0.4, 0.5) is 52.7 Å². The number of rotatable bonds is 15. The zero-order chi connectivity index (χ0) is 88.6. The van der Waals surface area contributed by atoms with E-state index in [4.69, 9.17) is 23.7 Å². The quantitative estimate of drug-likeness (QED) is 0.0388. The Balaban J connectivity index is 0.000000155. The normalized spacial score (nSPS) is 26.2. The Morgan fingerprint density at radius 3 is 1.06 bits per heavy atom. The van der Waals surface area contributed by atoms with Gasteiger partial charge in [0.15, 0.2) is 0 Å². The van der Waals surface area contributed by atoms with Crippen LogP contribution in [0.25, 0.3) is 43.1 Å². The van der Waals surface area contributed by atoms with Gasteiger partial charge >= 0.3 is 36.6 Å². The Hall–Kier alpha value is -7.87. The standard InChI is InChI=1S/C29H36F3NO3.C20H22BrF3O.C20H23F3O2.C19H19F3O2.C10H17NO2.CH4/c1-17-6-11-24(12-7-17)36-26-13-10-19-8-9-20(16-25(19)27(26)29(30,31)32)18(2)33-22-4-3-5-23(33)15-21(14-22)28(34)35;1-12-3-8-16(9-4-12)25-18-10-7-14-5-6-15(13(2)21)11-17(14)19(18)20(22,23)24;1-12-3-8-16(9-4-12)25-18-10-7-14-5-6-15(13(2)24)11-17(14)19(18)20(21,22)23;1-12-2-7-15(8-3-12)24-17-9-6-14-5-4-13(11-23)10-16(14)18(17)19(20,21)22;1-13-10(12)7-5-8-3-2-4-9(6-7)11-8;/h8-10,13,16-18,21-24H,3-7,11-12,14-15H2,1-2H3,(H,34,35);5-7,10-13,16H,3-4,8-9H2,1-2H3;5-7,10-13,16,24H,3-4,8-9H2,1-2H3;4-6,9-12,15H,2-3,7-8H2,1H3;7-9,11H,2-6H2,1H3;1H4. The molecule has 4 aliphatic heterocycles. The number of esters is 1. The summed E-state index contributed by atoms with van der Waals surface area (Å²) < 4.78 is 195. The molecule has 4 bridgehead atoms. The van der Waals surface area contributed by atoms with Crippen LogP contribution in [0.1, 0.15) is 289 Å². The van der Waals surface area contributed by atoms with Gasteiger partial charge in [-0.3, -0.25) is 19.3 Å². The highest BCUT2D eigenvalue weighted by Gasteiger charge is 2.46. The van der Waals surface area contributed by atoms with Gasteiger partial charge in [0, 0.05) is 40.6 Å². The number of carboxylic acid groups (broad SMARTS) is 1. The van der Waals surface area contributed by atoms with E-state index in [1.807, 2.05) is 26.0 Å². The number of fused-ring (bicyclic) bond motifs is 8. The first-order valence-electron chi connectivity index (χ1n) is 44.1. The summed E-state index contributed by atoms with van der Waals surface area (Å²) in [5.41, 5.74) is -0.535. The van der Waals surface area contributed by atoms with E-state index in [2.05, 4.69) is 53.8 Å². The molecule has 8 aromatic carbocycles. The van der Waals surface area contributed by atoms with E-state index in [0.29, 0.717) is 82.0 Å². The van der Waals surface area contributed by atoms with Crippen molar-refractivity contribution in [2.45, 2.75) is 313 Å². The van der Waals surface area contributed by atoms with Crippen LogP contribution in [0.15, 0.2) is 121 Å². The fourth-order valence-electron chi connectivity index (χ4n) is 19.8. The molecule has 25 heteroatoms. The molecule has 7 atom stereocenters. The third kappa shape index (κ3) is 24.5. The number of nitrogens with one attached hydrogen (secondary N) is 1. The number of ether oxygens (including phenoxy) is 5. The van der Waals surface area contributed by atoms with Crippen molar-refractivity contribution in [1.29, 1.82) is 0 Å². The molecule has 4 heterocycles. The van der Waals surface area contributed by atoms with E-state index >= 15 is 0 Å². The minimum absolute atomic E-state index is 0. The minimum atomic E-state index is -4.54. The van der Waals surface area contributed by atoms with E-state index < -0.39 is 59.0 Å². The van der Waals surface area contributed by atoms with Gasteiger partial charge in [-0.25, -0.2) is 0 Å². The van der Waals surface area contributed by atoms with Crippen molar-refractivity contribution in [3.63, 3.8) is 0 Å². The number of benzene rings is 8. The highest BCUT2D eigenvalue weighted by molar-refractivity contribution is 9.09. The fourth-order valence-corrected chi connectivity index (χ4v) is 20.1. The molecule has 0 radical (unpaired) electrons. The number of aliphatic hydroxyl groups is 1. The number of nitrogens with zero attached hydrogens (tertiary/aromatic N) is 1. The van der Waals surface area contributed by atoms with Crippen LogP contribution < -0.4 is 24.3 Å². The number of methoxy groups -OCH3 is 1. The lowest BCUT2D eigenvalue weighted by atomic mass is 9.77. The molecule has 3 N–H and O–H groups in total. The summed E-state index contributed by atoms with van der Waals surface area (Å²) in [5.74, 6) is 1.12. The maximum absolute atomic E-state index is 14.4. The zero-order valence-corrected chi connectivity index (χ0v) is 72.9. The molecule has 16 rings (SSSR count). The van der Waals surface area contributed by atoms with Gasteiger partial charge in [0.1, 0.15) is 51.5 Å². The van der Waals surface area contributed by atoms with Gasteiger partial charge in [-0.2, -0.15) is 52.7 Å². The van der Waals surface area contributed by atoms with Crippen molar-refractivity contribution in [2.75, 3.05) is 7.11 Å². The van der Waals surface area contributed by atoms with Gasteiger partial charge < -0.3 is 39.2 Å². The summed E-state index contributed by atoms with van der Waals surface area (Å²) in [6, 6.07) is 33.4. The molecule has 124 heavy (non-hydrogen) atoms. The Kier molecular flexibility index (Phi) is 32.7. The van der Waals surface area contributed by atoms with E-state index in [-0.39, 0.29) is 123 Å². The lowest BCUT2D eigenvalue weighted by Crippen LogP contribution is -2.53. The number of halogens is 13. The van der Waals surface area contributed by atoms with Crippen molar-refractivity contribution < 1.29 is 101 Å². The number of aliphatic hydroxyl groups excluding tert-OH is 1. The van der Waals surface area contributed by atoms with Crippen molar-refractivity contribution in [3.8, 4) is 23.0 Å². The summed E-state index contributed by atoms with van der Waals surface area (Å²) >= 11 is 3.43. The number of hydrogen-bond acceptors (Lipinski definition) is 11. The first-order valence-corrected chi connectivity index (χ1v) is 45.1. The van der Waals surface area contributed by atoms with Crippen molar-refractivity contribution >= 4 is 77.2 Å². The fraction of sp³-hybridized carbons (Fsp3) is 0.566. The minimum Gasteiger partial charge on any atom is -0.490 e. The number of aldehydes is 1. The lowest BCUT2D eigenvalue weighted by molar-refractivity contribution is -0.148. The monoisotopic (exact) mass is 1800 g/mol. The average Bonchev–Trinajstić information content (AvgIpc) is 0.762. The lowest BCUT2D eigenvalue weighted by Gasteiger charge is -2.51. The molecule has 4 aliphatic carbocycles. The Morgan fingerprint density at radius 1 is 0.427 bits per heavy atom. The van der Waals surface area contributed by atoms with Crippen molar-refractivity contribution in [1.82, 2.24) is 10.2 Å². The van der Waals surface area contributed by atoms with Crippen LogP contribution in [0.3, 0.4) is 0 Å². The third-order valence-corrected chi connectivity index (χ3v) is 27.4. The smallest absolute Gasteiger partial charge is 0.420 e. The van der Waals surface area contributed by atoms with Crippen LogP contribution in [-0.2, 0) is 39.0 Å². The molecule has 0 aromatic heterocycles. The highest BCUT2D eigenvalue weighted by Crippen LogP contribution is 2.51. The van der Waals surface area contributed by atoms with Gasteiger partial charge in [-0.05, 0) is 307 Å². The second-order valence-electron chi connectivity index (χ2n) is 36.1. The molecule has 7 unspecified atom stereocenters. The third-order valence-electron chi connectivity index (χ3n) is 26.8. The van der Waals surface area contributed by atoms with Crippen LogP contribution >= 0.6 is 15.9 Å². The first-order chi connectivity index (χ1) is 58.3. The average molecular weight is 1810 g/mol. The molecule has 0 amide bonds. The summed E-state index contributed by atoms with van der Waals surface area (Å²) in [6.07, 6.45) is 5.02. The molecule has 8 fully saturated rings.